The summed E-state index contributed by atoms with van der Waals surface area (Å²) in [7, 11) is 0. The molecule has 1 aromatic heterocycles. The van der Waals surface area contributed by atoms with Gasteiger partial charge in [-0.2, -0.15) is 0 Å². The second kappa shape index (κ2) is 5.19. The summed E-state index contributed by atoms with van der Waals surface area (Å²) in [6.07, 6.45) is 2.59. The Morgan fingerprint density at radius 3 is 3.00 bits per heavy atom. The number of nitrogens with one attached hydrogen (secondary N) is 1. The maximum absolute atomic E-state index is 11.4. The van der Waals surface area contributed by atoms with Crippen LogP contribution in [0, 0.1) is 0 Å². The van der Waals surface area contributed by atoms with Gasteiger partial charge in [0.25, 0.3) is 5.91 Å². The number of rotatable bonds is 4. The first-order valence-corrected chi connectivity index (χ1v) is 5.49. The van der Waals surface area contributed by atoms with Crippen LogP contribution in [0.25, 0.3) is 0 Å². The van der Waals surface area contributed by atoms with Crippen molar-refractivity contribution in [3.63, 3.8) is 0 Å². The number of halogens is 1. The van der Waals surface area contributed by atoms with E-state index in [4.69, 9.17) is 0 Å². The van der Waals surface area contributed by atoms with Crippen LogP contribution in [0.15, 0.2) is 28.6 Å². The van der Waals surface area contributed by atoms with Crippen molar-refractivity contribution in [3.05, 3.63) is 33.5 Å². The molecule has 0 saturated carbocycles. The van der Waals surface area contributed by atoms with E-state index in [1.165, 1.54) is 11.3 Å². The van der Waals surface area contributed by atoms with Crippen molar-refractivity contribution >= 4 is 33.2 Å². The monoisotopic (exact) mass is 259 g/mol. The van der Waals surface area contributed by atoms with E-state index in [9.17, 15) is 4.79 Å². The molecule has 0 fully saturated rings. The first kappa shape index (κ1) is 10.5. The van der Waals surface area contributed by atoms with E-state index in [2.05, 4.69) is 27.8 Å². The maximum atomic E-state index is 11.4. The van der Waals surface area contributed by atoms with Crippen LogP contribution in [0.1, 0.15) is 16.1 Å². The first-order valence-electron chi connectivity index (χ1n) is 3.88. The van der Waals surface area contributed by atoms with E-state index in [0.29, 0.717) is 6.54 Å². The fourth-order valence-electron chi connectivity index (χ4n) is 0.811. The van der Waals surface area contributed by atoms with Crippen molar-refractivity contribution in [1.82, 2.24) is 5.32 Å². The molecule has 0 radical (unpaired) electrons. The molecule has 1 amide bonds. The lowest BCUT2D eigenvalue weighted by atomic mass is 10.4. The van der Waals surface area contributed by atoms with E-state index >= 15 is 0 Å². The smallest absolute Gasteiger partial charge is 0.261 e. The fourth-order valence-corrected chi connectivity index (χ4v) is 2.11. The summed E-state index contributed by atoms with van der Waals surface area (Å²) in [6.45, 7) is 4.23. The Morgan fingerprint density at radius 2 is 2.46 bits per heavy atom. The zero-order chi connectivity index (χ0) is 9.68. The van der Waals surface area contributed by atoms with Gasteiger partial charge >= 0.3 is 0 Å². The Kier molecular flexibility index (Phi) is 4.18. The molecule has 0 spiro atoms. The average Bonchev–Trinajstić information content (AvgIpc) is 2.52. The Morgan fingerprint density at radius 1 is 1.69 bits per heavy atom. The third-order valence-corrected chi connectivity index (χ3v) is 3.05. The van der Waals surface area contributed by atoms with Gasteiger partial charge in [-0.1, -0.05) is 6.08 Å². The summed E-state index contributed by atoms with van der Waals surface area (Å²) in [4.78, 5) is 12.1. The lowest BCUT2D eigenvalue weighted by Gasteiger charge is -1.99. The predicted molar refractivity (Wildman–Crippen MR) is 59.2 cm³/mol. The Hall–Kier alpha value is -0.610. The Bertz CT molecular complexity index is 308. The zero-order valence-electron chi connectivity index (χ0n) is 7.05. The van der Waals surface area contributed by atoms with Gasteiger partial charge in [-0.15, -0.1) is 17.9 Å². The van der Waals surface area contributed by atoms with Crippen molar-refractivity contribution in [2.24, 2.45) is 0 Å². The number of carbonyl (C=O) groups is 1. The molecule has 1 heterocycles. The van der Waals surface area contributed by atoms with Gasteiger partial charge in [0, 0.05) is 6.54 Å². The standard InChI is InChI=1S/C9H10BrNOS/c1-2-3-6-11-9(12)7-4-5-8(10)13-7/h2,4-5H,1,3,6H2,(H,11,12). The normalized spacial score (nSPS) is 9.62. The van der Waals surface area contributed by atoms with E-state index in [0.717, 1.165) is 15.1 Å². The summed E-state index contributed by atoms with van der Waals surface area (Å²) < 4.78 is 0.973. The topological polar surface area (TPSA) is 29.1 Å². The van der Waals surface area contributed by atoms with Gasteiger partial charge < -0.3 is 5.32 Å². The van der Waals surface area contributed by atoms with Crippen LogP contribution in [-0.4, -0.2) is 12.5 Å². The highest BCUT2D eigenvalue weighted by molar-refractivity contribution is 9.11. The van der Waals surface area contributed by atoms with Gasteiger partial charge in [0.15, 0.2) is 0 Å². The van der Waals surface area contributed by atoms with Gasteiger partial charge in [-0.25, -0.2) is 0 Å². The number of hydrogen-bond acceptors (Lipinski definition) is 2. The molecule has 0 atom stereocenters. The minimum atomic E-state index is -0.0162. The van der Waals surface area contributed by atoms with Gasteiger partial charge in [0.2, 0.25) is 0 Å². The molecule has 0 aliphatic heterocycles. The minimum absolute atomic E-state index is 0.0162. The molecule has 0 aliphatic carbocycles. The van der Waals surface area contributed by atoms with Crippen molar-refractivity contribution < 1.29 is 4.79 Å². The fraction of sp³-hybridized carbons (Fsp3) is 0.222. The molecule has 4 heteroatoms. The molecule has 13 heavy (non-hydrogen) atoms. The van der Waals surface area contributed by atoms with Crippen LogP contribution in [0.5, 0.6) is 0 Å². The molecule has 70 valence electrons. The summed E-state index contributed by atoms with van der Waals surface area (Å²) in [6, 6.07) is 3.67. The highest BCUT2D eigenvalue weighted by atomic mass is 79.9. The summed E-state index contributed by atoms with van der Waals surface area (Å²) in [5, 5.41) is 2.79. The van der Waals surface area contributed by atoms with Crippen LogP contribution >= 0.6 is 27.3 Å². The summed E-state index contributed by atoms with van der Waals surface area (Å²) >= 11 is 4.74. The van der Waals surface area contributed by atoms with E-state index in [1.54, 1.807) is 12.1 Å². The molecular formula is C9H10BrNOS. The summed E-state index contributed by atoms with van der Waals surface area (Å²) in [5.74, 6) is -0.0162. The third kappa shape index (κ3) is 3.32. The highest BCUT2D eigenvalue weighted by Gasteiger charge is 2.06. The first-order chi connectivity index (χ1) is 6.24. The van der Waals surface area contributed by atoms with Crippen molar-refractivity contribution in [3.8, 4) is 0 Å². The number of thiophene rings is 1. The number of amides is 1. The maximum Gasteiger partial charge on any atom is 0.261 e. The molecule has 2 nitrogen and oxygen atoms in total. The van der Waals surface area contributed by atoms with E-state index < -0.39 is 0 Å². The third-order valence-electron chi connectivity index (χ3n) is 1.43. The molecule has 1 aromatic rings. The lowest BCUT2D eigenvalue weighted by Crippen LogP contribution is -2.22. The SMILES string of the molecule is C=CCCNC(=O)c1ccc(Br)s1. The molecule has 0 unspecified atom stereocenters. The minimum Gasteiger partial charge on any atom is -0.351 e. The van der Waals surface area contributed by atoms with Crippen LogP contribution in [0.4, 0.5) is 0 Å². The van der Waals surface area contributed by atoms with Gasteiger partial charge in [0.05, 0.1) is 8.66 Å². The van der Waals surface area contributed by atoms with Crippen molar-refractivity contribution in [2.45, 2.75) is 6.42 Å². The van der Waals surface area contributed by atoms with Crippen LogP contribution in [0.2, 0.25) is 0 Å². The second-order valence-corrected chi connectivity index (χ2v) is 4.90. The number of hydrogen-bond donors (Lipinski definition) is 1. The molecule has 1 N–H and O–H groups in total. The van der Waals surface area contributed by atoms with Gasteiger partial charge in [0.1, 0.15) is 0 Å². The molecule has 1 rings (SSSR count). The lowest BCUT2D eigenvalue weighted by molar-refractivity contribution is 0.0958. The van der Waals surface area contributed by atoms with Crippen LogP contribution in [-0.2, 0) is 0 Å². The Labute approximate surface area is 89.8 Å². The molecule has 0 aromatic carbocycles. The van der Waals surface area contributed by atoms with Crippen LogP contribution < -0.4 is 5.32 Å². The molecule has 0 saturated heterocycles. The molecular weight excluding hydrogens is 250 g/mol. The zero-order valence-corrected chi connectivity index (χ0v) is 9.45. The van der Waals surface area contributed by atoms with Crippen molar-refractivity contribution in [2.75, 3.05) is 6.54 Å². The quantitative estimate of drug-likeness (QED) is 0.654. The average molecular weight is 260 g/mol. The van der Waals surface area contributed by atoms with Crippen molar-refractivity contribution in [1.29, 1.82) is 0 Å². The number of carbonyl (C=O) groups excluding carboxylic acids is 1. The molecule has 0 bridgehead atoms. The van der Waals surface area contributed by atoms with Crippen LogP contribution in [0.3, 0.4) is 0 Å². The second-order valence-electron chi connectivity index (χ2n) is 2.44. The Balaban J connectivity index is 2.44. The largest absolute Gasteiger partial charge is 0.351 e. The van der Waals surface area contributed by atoms with E-state index in [-0.39, 0.29) is 5.91 Å². The van der Waals surface area contributed by atoms with Gasteiger partial charge in [-0.05, 0) is 34.5 Å². The van der Waals surface area contributed by atoms with Gasteiger partial charge in [-0.3, -0.25) is 4.79 Å². The molecule has 0 aliphatic rings. The predicted octanol–water partition coefficient (Wildman–Crippen LogP) is 2.82. The van der Waals surface area contributed by atoms with E-state index in [1.807, 2.05) is 6.07 Å². The summed E-state index contributed by atoms with van der Waals surface area (Å²) in [5.41, 5.74) is 0. The highest BCUT2D eigenvalue weighted by Crippen LogP contribution is 2.21.